The fraction of sp³-hybridized carbons (Fsp3) is 0.793. The van der Waals surface area contributed by atoms with Gasteiger partial charge in [-0.25, -0.2) is 0 Å². The minimum absolute atomic E-state index is 0.0955. The molecule has 0 saturated carbocycles. The molecule has 0 radical (unpaired) electrons. The minimum Gasteiger partial charge on any atom is -0.504 e. The lowest BCUT2D eigenvalue weighted by atomic mass is 9.84. The Morgan fingerprint density at radius 2 is 1.00 bits per heavy atom. The highest BCUT2D eigenvalue weighted by molar-refractivity contribution is 5.49. The van der Waals surface area contributed by atoms with Crippen LogP contribution in [0.1, 0.15) is 143 Å². The molecule has 1 aromatic rings. The van der Waals surface area contributed by atoms with Gasteiger partial charge in [-0.3, -0.25) is 0 Å². The van der Waals surface area contributed by atoms with Crippen LogP contribution in [0, 0.1) is 0 Å². The van der Waals surface area contributed by atoms with E-state index in [1.165, 1.54) is 109 Å². The largest absolute Gasteiger partial charge is 0.504 e. The number of ether oxygens (including phenoxy) is 1. The van der Waals surface area contributed by atoms with E-state index < -0.39 is 0 Å². The van der Waals surface area contributed by atoms with Gasteiger partial charge in [0, 0.05) is 0 Å². The molecule has 0 spiro atoms. The van der Waals surface area contributed by atoms with Crippen molar-refractivity contribution in [1.29, 1.82) is 0 Å². The molecule has 0 amide bonds. The van der Waals surface area contributed by atoms with E-state index >= 15 is 0 Å². The molecule has 0 unspecified atom stereocenters. The first-order valence-corrected chi connectivity index (χ1v) is 13.8. The minimum atomic E-state index is -0.242. The first-order valence-electron chi connectivity index (χ1n) is 13.8. The average Bonchev–Trinajstić information content (AvgIpc) is 2.79. The molecule has 0 aliphatic heterocycles. The Labute approximate surface area is 199 Å². The fourth-order valence-corrected chi connectivity index (χ4v) is 4.68. The maximum Gasteiger partial charge on any atom is 0.200 e. The number of unbranched alkanes of at least 4 members (excludes halogenated alkanes) is 13. The molecule has 3 nitrogen and oxygen atoms in total. The lowest BCUT2D eigenvalue weighted by Gasteiger charge is -2.36. The van der Waals surface area contributed by atoms with Crippen LogP contribution in [0.3, 0.4) is 0 Å². The van der Waals surface area contributed by atoms with Crippen LogP contribution in [0.25, 0.3) is 0 Å². The van der Waals surface area contributed by atoms with Crippen LogP contribution < -0.4 is 4.74 Å². The summed E-state index contributed by atoms with van der Waals surface area (Å²) in [5, 5.41) is 20.4. The summed E-state index contributed by atoms with van der Waals surface area (Å²) < 4.78 is 6.64. The van der Waals surface area contributed by atoms with E-state index in [-0.39, 0.29) is 17.1 Å². The second-order valence-electron chi connectivity index (χ2n) is 9.76. The van der Waals surface area contributed by atoms with Gasteiger partial charge >= 0.3 is 0 Å². The number of aromatic hydroxyl groups is 2. The van der Waals surface area contributed by atoms with Crippen LogP contribution in [-0.2, 0) is 0 Å². The van der Waals surface area contributed by atoms with Gasteiger partial charge in [0.15, 0.2) is 11.5 Å². The van der Waals surface area contributed by atoms with Crippen molar-refractivity contribution in [3.63, 3.8) is 0 Å². The number of phenols is 2. The average molecular weight is 449 g/mol. The first kappa shape index (κ1) is 28.7. The van der Waals surface area contributed by atoms with E-state index in [2.05, 4.69) is 20.8 Å². The maximum atomic E-state index is 10.4. The van der Waals surface area contributed by atoms with Gasteiger partial charge in [-0.1, -0.05) is 110 Å². The quantitative estimate of drug-likeness (QED) is 0.145. The normalized spacial score (nSPS) is 11.7. The first-order chi connectivity index (χ1) is 15.6. The van der Waals surface area contributed by atoms with Crippen molar-refractivity contribution in [2.75, 3.05) is 0 Å². The molecule has 1 aromatic carbocycles. The van der Waals surface area contributed by atoms with Crippen molar-refractivity contribution in [2.24, 2.45) is 0 Å². The molecule has 2 N–H and O–H groups in total. The molecule has 0 aliphatic carbocycles. The number of rotatable bonds is 21. The Bertz CT molecular complexity index is 556. The molecule has 1 rings (SSSR count). The molecule has 0 bridgehead atoms. The van der Waals surface area contributed by atoms with Crippen LogP contribution in [0.4, 0.5) is 0 Å². The number of phenolic OH excluding ortho intramolecular Hbond substituents is 2. The Hall–Kier alpha value is -1.38. The topological polar surface area (TPSA) is 49.7 Å². The third-order valence-electron chi connectivity index (χ3n) is 6.76. The van der Waals surface area contributed by atoms with E-state index in [4.69, 9.17) is 4.74 Å². The molecular formula is C29H52O3. The van der Waals surface area contributed by atoms with Gasteiger partial charge in [0.1, 0.15) is 5.60 Å². The van der Waals surface area contributed by atoms with Gasteiger partial charge in [-0.15, -0.1) is 0 Å². The van der Waals surface area contributed by atoms with Crippen molar-refractivity contribution >= 4 is 0 Å². The molecule has 3 heteroatoms. The molecule has 0 saturated heterocycles. The maximum absolute atomic E-state index is 10.4. The van der Waals surface area contributed by atoms with Crippen LogP contribution in [0.2, 0.25) is 0 Å². The predicted molar refractivity (Wildman–Crippen MR) is 138 cm³/mol. The van der Waals surface area contributed by atoms with Gasteiger partial charge < -0.3 is 14.9 Å². The highest BCUT2D eigenvalue weighted by Crippen LogP contribution is 2.41. The second-order valence-corrected chi connectivity index (χ2v) is 9.76. The van der Waals surface area contributed by atoms with E-state index in [0.29, 0.717) is 5.75 Å². The third kappa shape index (κ3) is 12.0. The van der Waals surface area contributed by atoms with Crippen LogP contribution in [-0.4, -0.2) is 15.8 Å². The number of benzene rings is 1. The lowest BCUT2D eigenvalue weighted by molar-refractivity contribution is 0.0305. The summed E-state index contributed by atoms with van der Waals surface area (Å²) in [4.78, 5) is 0. The lowest BCUT2D eigenvalue weighted by Crippen LogP contribution is -2.36. The van der Waals surface area contributed by atoms with Crippen molar-refractivity contribution in [3.8, 4) is 17.2 Å². The molecule has 0 aromatic heterocycles. The summed E-state index contributed by atoms with van der Waals surface area (Å²) in [6.45, 7) is 6.78. The van der Waals surface area contributed by atoms with Gasteiger partial charge in [-0.2, -0.15) is 0 Å². The smallest absolute Gasteiger partial charge is 0.200 e. The van der Waals surface area contributed by atoms with Crippen LogP contribution >= 0.6 is 0 Å². The zero-order chi connectivity index (χ0) is 23.5. The van der Waals surface area contributed by atoms with Gasteiger partial charge in [-0.05, 0) is 50.7 Å². The zero-order valence-corrected chi connectivity index (χ0v) is 21.5. The van der Waals surface area contributed by atoms with Gasteiger partial charge in [0.05, 0.1) is 0 Å². The molecular weight excluding hydrogens is 396 g/mol. The van der Waals surface area contributed by atoms with E-state index in [1.807, 2.05) is 0 Å². The monoisotopic (exact) mass is 448 g/mol. The molecule has 32 heavy (non-hydrogen) atoms. The Morgan fingerprint density at radius 1 is 0.594 bits per heavy atom. The zero-order valence-electron chi connectivity index (χ0n) is 21.5. The van der Waals surface area contributed by atoms with E-state index in [9.17, 15) is 10.2 Å². The summed E-state index contributed by atoms with van der Waals surface area (Å²) in [6.07, 6.45) is 23.3. The molecule has 0 fully saturated rings. The SMILES string of the molecule is CCCCCCCCC(CCCCCCC)(CCCCCCC)Oc1cccc(O)c1O. The Morgan fingerprint density at radius 3 is 1.44 bits per heavy atom. The second kappa shape index (κ2) is 18.1. The molecule has 0 heterocycles. The van der Waals surface area contributed by atoms with E-state index in [1.54, 1.807) is 12.1 Å². The Kier molecular flexibility index (Phi) is 16.2. The van der Waals surface area contributed by atoms with Crippen LogP contribution in [0.15, 0.2) is 18.2 Å². The van der Waals surface area contributed by atoms with Crippen molar-refractivity contribution in [3.05, 3.63) is 18.2 Å². The van der Waals surface area contributed by atoms with Crippen molar-refractivity contribution in [1.82, 2.24) is 0 Å². The highest BCUT2D eigenvalue weighted by atomic mass is 16.5. The molecule has 0 atom stereocenters. The fourth-order valence-electron chi connectivity index (χ4n) is 4.68. The Balaban J connectivity index is 2.88. The summed E-state index contributed by atoms with van der Waals surface area (Å²) in [5.41, 5.74) is -0.242. The predicted octanol–water partition coefficient (Wildman–Crippen LogP) is 9.69. The number of hydrogen-bond acceptors (Lipinski definition) is 3. The van der Waals surface area contributed by atoms with Gasteiger partial charge in [0.25, 0.3) is 0 Å². The number of para-hydroxylation sites is 1. The summed E-state index contributed by atoms with van der Waals surface area (Å²) >= 11 is 0. The molecule has 186 valence electrons. The standard InChI is InChI=1S/C29H52O3/c1-4-7-10-13-16-19-25-29(23-17-14-11-8-5-2,24-18-15-12-9-6-3)32-27-22-20-21-26(30)28(27)31/h20-22,30-31H,4-19,23-25H2,1-3H3. The third-order valence-corrected chi connectivity index (χ3v) is 6.76. The summed E-state index contributed by atoms with van der Waals surface area (Å²) in [5.74, 6) is 0.233. The summed E-state index contributed by atoms with van der Waals surface area (Å²) in [6, 6.07) is 5.09. The van der Waals surface area contributed by atoms with Crippen LogP contribution in [0.5, 0.6) is 17.2 Å². The highest BCUT2D eigenvalue weighted by Gasteiger charge is 2.32. The summed E-state index contributed by atoms with van der Waals surface area (Å²) in [7, 11) is 0. The van der Waals surface area contributed by atoms with Crippen molar-refractivity contribution in [2.45, 2.75) is 148 Å². The van der Waals surface area contributed by atoms with Gasteiger partial charge in [0.2, 0.25) is 5.75 Å². The molecule has 0 aliphatic rings. The van der Waals surface area contributed by atoms with Crippen molar-refractivity contribution < 1.29 is 14.9 Å². The van der Waals surface area contributed by atoms with E-state index in [0.717, 1.165) is 19.3 Å². The number of hydrogen-bond donors (Lipinski definition) is 2.